The third kappa shape index (κ3) is 3.02. The molecule has 0 saturated carbocycles. The summed E-state index contributed by atoms with van der Waals surface area (Å²) < 4.78 is 6.76. The summed E-state index contributed by atoms with van der Waals surface area (Å²) in [6, 6.07) is 9.94. The minimum atomic E-state index is -0.740. The van der Waals surface area contributed by atoms with E-state index in [1.807, 2.05) is 24.3 Å². The van der Waals surface area contributed by atoms with Crippen molar-refractivity contribution in [3.05, 3.63) is 50.5 Å². The van der Waals surface area contributed by atoms with Crippen molar-refractivity contribution in [2.24, 2.45) is 5.92 Å². The second kappa shape index (κ2) is 7.38. The molecule has 152 valence electrons. The third-order valence-corrected chi connectivity index (χ3v) is 7.45. The van der Waals surface area contributed by atoms with Crippen LogP contribution in [0.25, 0.3) is 22.6 Å². The van der Waals surface area contributed by atoms with Crippen LogP contribution in [0.2, 0.25) is 5.02 Å². The first-order valence-electron chi connectivity index (χ1n) is 9.75. The first kappa shape index (κ1) is 19.6. The van der Waals surface area contributed by atoms with Crippen molar-refractivity contribution in [2.45, 2.75) is 25.3 Å². The van der Waals surface area contributed by atoms with Crippen LogP contribution in [0, 0.1) is 17.2 Å². The van der Waals surface area contributed by atoms with Gasteiger partial charge in [0.05, 0.1) is 16.5 Å². The number of carboxylic acid groups (broad SMARTS) is 1. The molecule has 2 atom stereocenters. The number of hydrogen-bond donors (Lipinski definition) is 1. The molecule has 0 unspecified atom stereocenters. The van der Waals surface area contributed by atoms with E-state index < -0.39 is 5.97 Å². The van der Waals surface area contributed by atoms with Crippen LogP contribution in [0.4, 0.5) is 0 Å². The number of aliphatic carboxylic acids is 1. The van der Waals surface area contributed by atoms with Crippen LogP contribution < -0.4 is 0 Å². The van der Waals surface area contributed by atoms with Gasteiger partial charge in [0.15, 0.2) is 5.58 Å². The van der Waals surface area contributed by atoms with E-state index in [-0.39, 0.29) is 12.0 Å². The number of halogens is 2. The zero-order valence-corrected chi connectivity index (χ0v) is 18.2. The topological polar surface area (TPSA) is 90.4 Å². The van der Waals surface area contributed by atoms with Gasteiger partial charge >= 0.3 is 5.97 Å². The zero-order valence-electron chi connectivity index (χ0n) is 15.9. The summed E-state index contributed by atoms with van der Waals surface area (Å²) in [5.74, 6) is -0.693. The highest BCUT2D eigenvalue weighted by atomic mass is 79.9. The second-order valence-electron chi connectivity index (χ2n) is 7.77. The molecule has 8 heteroatoms. The van der Waals surface area contributed by atoms with Crippen LogP contribution >= 0.6 is 27.5 Å². The summed E-state index contributed by atoms with van der Waals surface area (Å²) in [5.41, 5.74) is 4.32. The number of rotatable bonds is 3. The van der Waals surface area contributed by atoms with E-state index in [4.69, 9.17) is 16.0 Å². The van der Waals surface area contributed by atoms with Gasteiger partial charge in [-0.3, -0.25) is 9.69 Å². The molecule has 0 amide bonds. The second-order valence-corrected chi connectivity index (χ2v) is 9.01. The summed E-state index contributed by atoms with van der Waals surface area (Å²) in [4.78, 5) is 18.2. The molecule has 0 radical (unpaired) electrons. The van der Waals surface area contributed by atoms with Crippen LogP contribution in [0.15, 0.2) is 33.2 Å². The highest BCUT2D eigenvalue weighted by Gasteiger charge is 2.37. The minimum absolute atomic E-state index is 0.107. The third-order valence-electron chi connectivity index (χ3n) is 6.15. The molecular formula is C22H17BrClN3O3. The van der Waals surface area contributed by atoms with Crippen LogP contribution in [-0.2, 0) is 11.2 Å². The van der Waals surface area contributed by atoms with E-state index in [1.165, 1.54) is 0 Å². The molecule has 2 heterocycles. The average molecular weight is 487 g/mol. The van der Waals surface area contributed by atoms with Crippen molar-refractivity contribution < 1.29 is 14.3 Å². The molecule has 0 spiro atoms. The molecule has 2 aromatic carbocycles. The van der Waals surface area contributed by atoms with E-state index >= 15 is 0 Å². The monoisotopic (exact) mass is 485 g/mol. The Morgan fingerprint density at radius 2 is 2.23 bits per heavy atom. The summed E-state index contributed by atoms with van der Waals surface area (Å²) in [7, 11) is 0. The molecule has 1 N–H and O–H groups in total. The van der Waals surface area contributed by atoms with Crippen LogP contribution in [-0.4, -0.2) is 34.0 Å². The molecule has 1 saturated heterocycles. The Morgan fingerprint density at radius 3 is 2.97 bits per heavy atom. The van der Waals surface area contributed by atoms with Crippen molar-refractivity contribution in [1.29, 1.82) is 5.26 Å². The fourth-order valence-corrected chi connectivity index (χ4v) is 5.25. The summed E-state index contributed by atoms with van der Waals surface area (Å²) in [6.45, 7) is 1.29. The van der Waals surface area contributed by atoms with Gasteiger partial charge in [0, 0.05) is 17.1 Å². The molecule has 0 bridgehead atoms. The Kier molecular flexibility index (Phi) is 4.81. The van der Waals surface area contributed by atoms with Gasteiger partial charge in [-0.25, -0.2) is 4.98 Å². The maximum absolute atomic E-state index is 11.4. The molecular weight excluding hydrogens is 470 g/mol. The summed E-state index contributed by atoms with van der Waals surface area (Å²) in [6.07, 6.45) is 2.29. The lowest BCUT2D eigenvalue weighted by molar-refractivity contribution is -0.141. The molecule has 30 heavy (non-hydrogen) atoms. The largest absolute Gasteiger partial charge is 0.481 e. The predicted molar refractivity (Wildman–Crippen MR) is 115 cm³/mol. The average Bonchev–Trinajstić information content (AvgIpc) is 3.45. The van der Waals surface area contributed by atoms with Gasteiger partial charge < -0.3 is 9.52 Å². The molecule has 2 aliphatic rings. The number of likely N-dealkylation sites (tertiary alicyclic amines) is 1. The zero-order chi connectivity index (χ0) is 21.0. The first-order valence-corrected chi connectivity index (χ1v) is 10.9. The Balaban J connectivity index is 1.59. The highest BCUT2D eigenvalue weighted by Crippen LogP contribution is 2.43. The predicted octanol–water partition coefficient (Wildman–Crippen LogP) is 5.18. The maximum Gasteiger partial charge on any atom is 0.307 e. The number of fused-ring (bicyclic) bond motifs is 2. The Hall–Kier alpha value is -2.40. The van der Waals surface area contributed by atoms with Gasteiger partial charge in [0.1, 0.15) is 17.1 Å². The fraction of sp³-hybridized carbons (Fsp3) is 0.318. The number of hydrogen-bond acceptors (Lipinski definition) is 5. The standard InChI is InChI=1S/C22H17BrClN3O3/c23-16-3-1-2-13(19(16)24)21-26-17-8-14-12(15(9-25)20(17)30-21)4-5-18(14)27-7-6-11(10-27)22(28)29/h1-3,8,11,18H,4-7,10H2,(H,28,29)/t11-,18+/m1/s1. The fourth-order valence-electron chi connectivity index (χ4n) is 4.68. The summed E-state index contributed by atoms with van der Waals surface area (Å²) >= 11 is 9.83. The number of nitriles is 1. The summed E-state index contributed by atoms with van der Waals surface area (Å²) in [5, 5.41) is 19.7. The van der Waals surface area contributed by atoms with Crippen molar-refractivity contribution in [3.8, 4) is 17.5 Å². The Bertz CT molecular complexity index is 1230. The molecule has 1 aromatic heterocycles. The maximum atomic E-state index is 11.4. The Morgan fingerprint density at radius 1 is 1.40 bits per heavy atom. The van der Waals surface area contributed by atoms with Crippen LogP contribution in [0.1, 0.15) is 35.6 Å². The number of carbonyl (C=O) groups is 1. The number of carboxylic acids is 1. The van der Waals surface area contributed by atoms with E-state index in [0.717, 1.165) is 35.0 Å². The lowest BCUT2D eigenvalue weighted by atomic mass is 10.0. The highest BCUT2D eigenvalue weighted by molar-refractivity contribution is 9.10. The molecule has 3 aromatic rings. The van der Waals surface area contributed by atoms with Crippen molar-refractivity contribution in [2.75, 3.05) is 13.1 Å². The molecule has 1 aliphatic carbocycles. The van der Waals surface area contributed by atoms with Gasteiger partial charge in [-0.1, -0.05) is 17.7 Å². The number of oxazole rings is 1. The van der Waals surface area contributed by atoms with E-state index in [2.05, 4.69) is 31.9 Å². The number of nitrogens with zero attached hydrogens (tertiary/aromatic N) is 3. The molecule has 1 aliphatic heterocycles. The lowest BCUT2D eigenvalue weighted by Crippen LogP contribution is -2.26. The van der Waals surface area contributed by atoms with Gasteiger partial charge in [-0.2, -0.15) is 5.26 Å². The Labute approximate surface area is 186 Å². The quantitative estimate of drug-likeness (QED) is 0.549. The first-order chi connectivity index (χ1) is 14.5. The smallest absolute Gasteiger partial charge is 0.307 e. The van der Waals surface area contributed by atoms with Gasteiger partial charge in [0.25, 0.3) is 0 Å². The normalized spacial score (nSPS) is 21.1. The van der Waals surface area contributed by atoms with E-state index in [0.29, 0.717) is 46.1 Å². The molecule has 5 rings (SSSR count). The van der Waals surface area contributed by atoms with Crippen molar-refractivity contribution in [1.82, 2.24) is 9.88 Å². The van der Waals surface area contributed by atoms with Crippen molar-refractivity contribution >= 4 is 44.6 Å². The van der Waals surface area contributed by atoms with E-state index in [1.54, 1.807) is 0 Å². The van der Waals surface area contributed by atoms with Gasteiger partial charge in [-0.05, 0) is 71.1 Å². The van der Waals surface area contributed by atoms with Crippen LogP contribution in [0.5, 0.6) is 0 Å². The van der Waals surface area contributed by atoms with Crippen molar-refractivity contribution in [3.63, 3.8) is 0 Å². The molecule has 6 nitrogen and oxygen atoms in total. The van der Waals surface area contributed by atoms with Gasteiger partial charge in [-0.15, -0.1) is 0 Å². The van der Waals surface area contributed by atoms with E-state index in [9.17, 15) is 15.2 Å². The number of benzene rings is 2. The van der Waals surface area contributed by atoms with Crippen LogP contribution in [0.3, 0.4) is 0 Å². The SMILES string of the molecule is N#Cc1c2c(cc3nc(-c4cccc(Br)c4Cl)oc13)[C@@H](N1CC[C@@H](C(=O)O)C1)CC2. The lowest BCUT2D eigenvalue weighted by Gasteiger charge is -2.24. The van der Waals surface area contributed by atoms with Gasteiger partial charge in [0.2, 0.25) is 5.89 Å². The minimum Gasteiger partial charge on any atom is -0.481 e. The molecule has 1 fully saturated rings. The number of aromatic nitrogens is 1.